The molecule has 10 heteroatoms. The predicted octanol–water partition coefficient (Wildman–Crippen LogP) is -1.61. The van der Waals surface area contributed by atoms with Crippen LogP contribution in [0.15, 0.2) is 30.3 Å². The molecule has 1 aromatic carbocycles. The molecule has 0 saturated carbocycles. The van der Waals surface area contributed by atoms with Gasteiger partial charge in [0.25, 0.3) is 0 Å². The van der Waals surface area contributed by atoms with Crippen LogP contribution in [-0.2, 0) is 20.7 Å². The van der Waals surface area contributed by atoms with Crippen LogP contribution in [0.2, 0.25) is 0 Å². The maximum atomic E-state index is 11.9. The zero-order valence-electron chi connectivity index (χ0n) is 16.1. The number of carbonyl (C=O) groups is 2. The summed E-state index contributed by atoms with van der Waals surface area (Å²) in [6, 6.07) is 9.87. The van der Waals surface area contributed by atoms with E-state index in [0.717, 1.165) is 24.9 Å². The van der Waals surface area contributed by atoms with Crippen molar-refractivity contribution in [2.45, 2.75) is 44.5 Å². The first-order valence-electron chi connectivity index (χ1n) is 8.34. The molecule has 0 unspecified atom stereocenters. The van der Waals surface area contributed by atoms with Gasteiger partial charge in [-0.05, 0) is 38.3 Å². The second-order valence-corrected chi connectivity index (χ2v) is 6.53. The van der Waals surface area contributed by atoms with Crippen molar-refractivity contribution < 1.29 is 67.3 Å². The second kappa shape index (κ2) is 11.8. The molecule has 2 N–H and O–H groups in total. The molecule has 6 nitrogen and oxygen atoms in total. The summed E-state index contributed by atoms with van der Waals surface area (Å²) < 4.78 is 37.1. The standard InChI is InChI=1S/C16H23NO3.C2HF3O2.Na/c1-16(15(18)19,11-12-7-4-3-5-8-12)14(20-2)13-9-6-10-17-13;3-2(4,5)1(6)7;/h3-5,7-8,13-14,17H,6,9-11H2,1-2H3,(H,18,19);(H,6,7);/q;;+1/p-1/t13-,14-,16+;;/m0../s1. The third-order valence-corrected chi connectivity index (χ3v) is 4.48. The van der Waals surface area contributed by atoms with Gasteiger partial charge in [0.2, 0.25) is 0 Å². The first-order valence-corrected chi connectivity index (χ1v) is 8.34. The van der Waals surface area contributed by atoms with Gasteiger partial charge in [-0.3, -0.25) is 4.79 Å². The summed E-state index contributed by atoms with van der Waals surface area (Å²) >= 11 is 0. The van der Waals surface area contributed by atoms with Crippen molar-refractivity contribution in [1.29, 1.82) is 0 Å². The molecular weight excluding hydrogens is 390 g/mol. The number of hydrogen-bond acceptors (Lipinski definition) is 5. The number of ether oxygens (including phenoxy) is 1. The monoisotopic (exact) mass is 413 g/mol. The Bertz CT molecular complexity index is 623. The van der Waals surface area contributed by atoms with Crippen molar-refractivity contribution in [3.63, 3.8) is 0 Å². The summed E-state index contributed by atoms with van der Waals surface area (Å²) in [5, 5.41) is 21.9. The molecule has 1 aliphatic rings. The average molecular weight is 413 g/mol. The molecule has 152 valence electrons. The van der Waals surface area contributed by atoms with Crippen LogP contribution >= 0.6 is 0 Å². The molecule has 1 heterocycles. The zero-order chi connectivity index (χ0) is 20.7. The van der Waals surface area contributed by atoms with Crippen LogP contribution in [0.1, 0.15) is 25.3 Å². The first-order chi connectivity index (χ1) is 12.5. The van der Waals surface area contributed by atoms with Crippen molar-refractivity contribution in [1.82, 2.24) is 5.32 Å². The number of nitrogens with one attached hydrogen (secondary N) is 1. The molecule has 0 amide bonds. The Morgan fingerprint density at radius 1 is 1.32 bits per heavy atom. The molecule has 0 bridgehead atoms. The molecule has 0 radical (unpaired) electrons. The molecule has 1 saturated heterocycles. The normalized spacial score (nSPS) is 19.4. The maximum Gasteiger partial charge on any atom is 1.00 e. The van der Waals surface area contributed by atoms with E-state index in [1.54, 1.807) is 14.0 Å². The van der Waals surface area contributed by atoms with Gasteiger partial charge in [0.15, 0.2) is 0 Å². The van der Waals surface area contributed by atoms with E-state index >= 15 is 0 Å². The zero-order valence-corrected chi connectivity index (χ0v) is 18.1. The van der Waals surface area contributed by atoms with Gasteiger partial charge < -0.3 is 25.1 Å². The summed E-state index contributed by atoms with van der Waals surface area (Å²) in [5.41, 5.74) is 0.0930. The van der Waals surface area contributed by atoms with Crippen LogP contribution in [0.3, 0.4) is 0 Å². The first kappa shape index (κ1) is 26.9. The quantitative estimate of drug-likeness (QED) is 0.545. The number of methoxy groups -OCH3 is 1. The molecule has 0 aliphatic carbocycles. The van der Waals surface area contributed by atoms with E-state index < -0.39 is 23.5 Å². The fourth-order valence-electron chi connectivity index (χ4n) is 3.16. The van der Waals surface area contributed by atoms with Gasteiger partial charge in [-0.2, -0.15) is 13.2 Å². The van der Waals surface area contributed by atoms with E-state index in [4.69, 9.17) is 14.6 Å². The number of alkyl halides is 3. The molecule has 2 rings (SSSR count). The smallest absolute Gasteiger partial charge is 0.542 e. The number of carboxylic acids is 2. The van der Waals surface area contributed by atoms with Gasteiger partial charge in [-0.15, -0.1) is 0 Å². The number of halogens is 3. The Hall–Kier alpha value is -1.13. The molecule has 0 aromatic heterocycles. The van der Waals surface area contributed by atoms with Gasteiger partial charge >= 0.3 is 41.7 Å². The molecule has 1 aromatic rings. The van der Waals surface area contributed by atoms with Crippen molar-refractivity contribution in [2.24, 2.45) is 5.41 Å². The van der Waals surface area contributed by atoms with Gasteiger partial charge in [0, 0.05) is 13.2 Å². The third-order valence-electron chi connectivity index (χ3n) is 4.48. The Kier molecular flexibility index (Phi) is 11.3. The van der Waals surface area contributed by atoms with Crippen LogP contribution in [0.4, 0.5) is 13.2 Å². The number of aliphatic carboxylic acids is 2. The largest absolute Gasteiger partial charge is 1.00 e. The molecule has 3 atom stereocenters. The van der Waals surface area contributed by atoms with Crippen LogP contribution in [0, 0.1) is 5.41 Å². The minimum Gasteiger partial charge on any atom is -0.542 e. The molecule has 1 fully saturated rings. The van der Waals surface area contributed by atoms with Gasteiger partial charge in [-0.25, -0.2) is 0 Å². The fourth-order valence-corrected chi connectivity index (χ4v) is 3.16. The van der Waals surface area contributed by atoms with Crippen molar-refractivity contribution in [3.8, 4) is 0 Å². The number of hydrogen-bond donors (Lipinski definition) is 2. The summed E-state index contributed by atoms with van der Waals surface area (Å²) in [4.78, 5) is 20.7. The number of rotatable bonds is 6. The summed E-state index contributed by atoms with van der Waals surface area (Å²) in [7, 11) is 1.61. The molecule has 28 heavy (non-hydrogen) atoms. The van der Waals surface area contributed by atoms with E-state index in [2.05, 4.69) is 5.32 Å². The van der Waals surface area contributed by atoms with Gasteiger partial charge in [0.1, 0.15) is 5.97 Å². The third kappa shape index (κ3) is 7.71. The SMILES string of the molecule is CO[C@@H]([C@@H]1CCCN1)[C@@](C)(Cc1ccccc1)C(=O)O.O=C([O-])C(F)(F)F.[Na+]. The van der Waals surface area contributed by atoms with E-state index in [1.807, 2.05) is 30.3 Å². The van der Waals surface area contributed by atoms with Crippen LogP contribution in [0.25, 0.3) is 0 Å². The van der Waals surface area contributed by atoms with E-state index in [9.17, 15) is 23.1 Å². The van der Waals surface area contributed by atoms with Crippen LogP contribution in [0.5, 0.6) is 0 Å². The Morgan fingerprint density at radius 3 is 2.21 bits per heavy atom. The summed E-state index contributed by atoms with van der Waals surface area (Å²) in [6.45, 7) is 2.72. The molecule has 1 aliphatic heterocycles. The van der Waals surface area contributed by atoms with E-state index in [1.165, 1.54) is 0 Å². The molecular formula is C18H23F3NNaO5. The Morgan fingerprint density at radius 2 is 1.86 bits per heavy atom. The maximum absolute atomic E-state index is 11.9. The van der Waals surface area contributed by atoms with Crippen LogP contribution in [-0.4, -0.2) is 49.0 Å². The Labute approximate surface area is 183 Å². The average Bonchev–Trinajstić information content (AvgIpc) is 3.10. The minimum absolute atomic E-state index is 0. The topological polar surface area (TPSA) is 98.7 Å². The number of benzene rings is 1. The van der Waals surface area contributed by atoms with E-state index in [-0.39, 0.29) is 41.7 Å². The van der Waals surface area contributed by atoms with Crippen molar-refractivity contribution in [3.05, 3.63) is 35.9 Å². The van der Waals surface area contributed by atoms with Crippen molar-refractivity contribution in [2.75, 3.05) is 13.7 Å². The fraction of sp³-hybridized carbons (Fsp3) is 0.556. The second-order valence-electron chi connectivity index (χ2n) is 6.53. The molecule has 0 spiro atoms. The summed E-state index contributed by atoms with van der Waals surface area (Å²) in [5.74, 6) is -3.81. The summed E-state index contributed by atoms with van der Waals surface area (Å²) in [6.07, 6.45) is -3.01. The Balaban J connectivity index is 0.000000786. The number of carboxylic acid groups (broad SMARTS) is 2. The van der Waals surface area contributed by atoms with Gasteiger partial charge in [-0.1, -0.05) is 30.3 Å². The number of carbonyl (C=O) groups excluding carboxylic acids is 1. The van der Waals surface area contributed by atoms with Crippen LogP contribution < -0.4 is 40.0 Å². The van der Waals surface area contributed by atoms with Gasteiger partial charge in [0.05, 0.1) is 11.5 Å². The minimum atomic E-state index is -5.19. The van der Waals surface area contributed by atoms with Crippen molar-refractivity contribution >= 4 is 11.9 Å². The predicted molar refractivity (Wildman–Crippen MR) is 88.8 cm³/mol. The van der Waals surface area contributed by atoms with E-state index in [0.29, 0.717) is 6.42 Å².